The first-order valence-corrected chi connectivity index (χ1v) is 8.57. The van der Waals surface area contributed by atoms with Gasteiger partial charge in [-0.15, -0.1) is 0 Å². The number of rotatable bonds is 4. The predicted octanol–water partition coefficient (Wildman–Crippen LogP) is 1.13. The molecule has 108 valence electrons. The van der Waals surface area contributed by atoms with Crippen LogP contribution in [0.25, 0.3) is 0 Å². The average molecular weight is 276 g/mol. The lowest BCUT2D eigenvalue weighted by atomic mass is 9.89. The van der Waals surface area contributed by atoms with Crippen LogP contribution in [0.15, 0.2) is 0 Å². The lowest BCUT2D eigenvalue weighted by Crippen LogP contribution is -2.54. The van der Waals surface area contributed by atoms with Crippen LogP contribution in [-0.4, -0.2) is 56.5 Å². The van der Waals surface area contributed by atoms with Gasteiger partial charge in [-0.2, -0.15) is 0 Å². The van der Waals surface area contributed by atoms with Crippen molar-refractivity contribution in [2.75, 3.05) is 26.4 Å². The fraction of sp³-hybridized carbons (Fsp3) is 1.00. The fourth-order valence-electron chi connectivity index (χ4n) is 2.33. The summed E-state index contributed by atoms with van der Waals surface area (Å²) in [6, 6.07) is 0.970. The highest BCUT2D eigenvalue weighted by Crippen LogP contribution is 2.22. The van der Waals surface area contributed by atoms with E-state index in [0.717, 1.165) is 13.0 Å². The summed E-state index contributed by atoms with van der Waals surface area (Å²) in [4.78, 5) is 2.37. The van der Waals surface area contributed by atoms with E-state index in [1.54, 1.807) is 13.8 Å². The van der Waals surface area contributed by atoms with Gasteiger partial charge in [0.2, 0.25) is 0 Å². The number of sulfone groups is 1. The second kappa shape index (κ2) is 5.47. The van der Waals surface area contributed by atoms with E-state index in [1.165, 1.54) is 6.26 Å². The van der Waals surface area contributed by atoms with E-state index in [9.17, 15) is 8.42 Å². The molecule has 5 heteroatoms. The maximum atomic E-state index is 11.7. The van der Waals surface area contributed by atoms with Crippen molar-refractivity contribution in [3.05, 3.63) is 0 Å². The van der Waals surface area contributed by atoms with Crippen molar-refractivity contribution in [3.8, 4) is 0 Å². The summed E-state index contributed by atoms with van der Waals surface area (Å²) in [7, 11) is -0.867. The fourth-order valence-corrected chi connectivity index (χ4v) is 2.68. The largest absolute Gasteiger partial charge is 0.312 e. The highest BCUT2D eigenvalue weighted by Gasteiger charge is 2.33. The third-order valence-electron chi connectivity index (χ3n) is 4.40. The van der Waals surface area contributed by atoms with E-state index in [4.69, 9.17) is 0 Å². The molecule has 4 nitrogen and oxygen atoms in total. The highest BCUT2D eigenvalue weighted by atomic mass is 32.2. The third-order valence-corrected chi connectivity index (χ3v) is 6.56. The number of nitrogens with one attached hydrogen (secondary N) is 1. The molecular weight excluding hydrogens is 248 g/mol. The Kier molecular flexibility index (Phi) is 4.84. The van der Waals surface area contributed by atoms with E-state index in [-0.39, 0.29) is 0 Å². The van der Waals surface area contributed by atoms with Crippen LogP contribution in [0.3, 0.4) is 0 Å². The first-order valence-electron chi connectivity index (χ1n) is 6.68. The molecule has 0 spiro atoms. The number of piperidine rings is 1. The van der Waals surface area contributed by atoms with Gasteiger partial charge in [0.15, 0.2) is 9.84 Å². The summed E-state index contributed by atoms with van der Waals surface area (Å²) in [5.74, 6) is 0.557. The number of nitrogens with zero attached hydrogens (tertiary/aromatic N) is 1. The molecule has 1 N–H and O–H groups in total. The topological polar surface area (TPSA) is 49.4 Å². The summed E-state index contributed by atoms with van der Waals surface area (Å²) in [6.45, 7) is 9.63. The van der Waals surface area contributed by atoms with Crippen LogP contribution in [0, 0.1) is 5.92 Å². The average Bonchev–Trinajstić information content (AvgIpc) is 2.20. The SMILES string of the molecule is CC1CN(C)C(C)CC1NCC(C)(C)S(C)(=O)=O. The van der Waals surface area contributed by atoms with E-state index in [0.29, 0.717) is 24.5 Å². The Balaban J connectivity index is 2.59. The van der Waals surface area contributed by atoms with Gasteiger partial charge < -0.3 is 10.2 Å². The molecule has 1 aliphatic heterocycles. The lowest BCUT2D eigenvalue weighted by molar-refractivity contribution is 0.121. The Morgan fingerprint density at radius 1 is 1.33 bits per heavy atom. The van der Waals surface area contributed by atoms with Crippen LogP contribution in [-0.2, 0) is 9.84 Å². The molecule has 1 fully saturated rings. The molecule has 0 aromatic rings. The van der Waals surface area contributed by atoms with Gasteiger partial charge in [-0.05, 0) is 40.2 Å². The highest BCUT2D eigenvalue weighted by molar-refractivity contribution is 7.92. The van der Waals surface area contributed by atoms with E-state index in [1.807, 2.05) is 0 Å². The molecule has 0 aromatic heterocycles. The van der Waals surface area contributed by atoms with Crippen LogP contribution in [0.5, 0.6) is 0 Å². The minimum Gasteiger partial charge on any atom is -0.312 e. The Hall–Kier alpha value is -0.130. The van der Waals surface area contributed by atoms with Crippen LogP contribution in [0.1, 0.15) is 34.1 Å². The van der Waals surface area contributed by atoms with Gasteiger partial charge in [0.1, 0.15) is 0 Å². The quantitative estimate of drug-likeness (QED) is 0.836. The summed E-state index contributed by atoms with van der Waals surface area (Å²) < 4.78 is 22.7. The monoisotopic (exact) mass is 276 g/mol. The standard InChI is InChI=1S/C13H28N2O2S/c1-10-8-15(5)11(2)7-12(10)14-9-13(3,4)18(6,16)17/h10-12,14H,7-9H2,1-6H3. The summed E-state index contributed by atoms with van der Waals surface area (Å²) in [5.41, 5.74) is 0. The van der Waals surface area contributed by atoms with Crippen molar-refractivity contribution in [2.24, 2.45) is 5.92 Å². The van der Waals surface area contributed by atoms with Crippen LogP contribution in [0.2, 0.25) is 0 Å². The van der Waals surface area contributed by atoms with Gasteiger partial charge in [-0.1, -0.05) is 6.92 Å². The molecule has 0 amide bonds. The molecule has 1 saturated heterocycles. The first-order chi connectivity index (χ1) is 8.04. The summed E-state index contributed by atoms with van der Waals surface area (Å²) >= 11 is 0. The minimum absolute atomic E-state index is 0.414. The Bertz CT molecular complexity index is 378. The predicted molar refractivity (Wildman–Crippen MR) is 76.6 cm³/mol. The van der Waals surface area contributed by atoms with Crippen LogP contribution < -0.4 is 5.32 Å². The van der Waals surface area contributed by atoms with Crippen molar-refractivity contribution in [1.82, 2.24) is 10.2 Å². The summed E-state index contributed by atoms with van der Waals surface area (Å²) in [6.07, 6.45) is 2.40. The maximum Gasteiger partial charge on any atom is 0.153 e. The Morgan fingerprint density at radius 2 is 1.89 bits per heavy atom. The first kappa shape index (κ1) is 15.9. The zero-order valence-corrected chi connectivity index (χ0v) is 13.3. The van der Waals surface area contributed by atoms with E-state index >= 15 is 0 Å². The van der Waals surface area contributed by atoms with E-state index < -0.39 is 14.6 Å². The molecule has 0 bridgehead atoms. The molecular formula is C13H28N2O2S. The zero-order chi connectivity index (χ0) is 14.1. The van der Waals surface area contributed by atoms with Gasteiger partial charge >= 0.3 is 0 Å². The van der Waals surface area contributed by atoms with Crippen molar-refractivity contribution in [1.29, 1.82) is 0 Å². The normalized spacial score (nSPS) is 31.6. The zero-order valence-electron chi connectivity index (χ0n) is 12.5. The molecule has 3 unspecified atom stereocenters. The van der Waals surface area contributed by atoms with Crippen molar-refractivity contribution < 1.29 is 8.42 Å². The maximum absolute atomic E-state index is 11.7. The molecule has 0 radical (unpaired) electrons. The molecule has 1 heterocycles. The van der Waals surface area contributed by atoms with Gasteiger partial charge in [0.25, 0.3) is 0 Å². The number of hydrogen-bond acceptors (Lipinski definition) is 4. The van der Waals surface area contributed by atoms with Crippen LogP contribution >= 0.6 is 0 Å². The molecule has 1 aliphatic rings. The van der Waals surface area contributed by atoms with Gasteiger partial charge in [-0.3, -0.25) is 0 Å². The molecule has 0 saturated carbocycles. The minimum atomic E-state index is -3.02. The summed E-state index contributed by atoms with van der Waals surface area (Å²) in [5, 5.41) is 3.46. The number of hydrogen-bond donors (Lipinski definition) is 1. The molecule has 0 aliphatic carbocycles. The Labute approximate surface area is 112 Å². The smallest absolute Gasteiger partial charge is 0.153 e. The van der Waals surface area contributed by atoms with Gasteiger partial charge in [-0.25, -0.2) is 8.42 Å². The third kappa shape index (κ3) is 3.68. The van der Waals surface area contributed by atoms with Crippen molar-refractivity contribution in [2.45, 2.75) is 50.9 Å². The van der Waals surface area contributed by atoms with E-state index in [2.05, 4.69) is 31.1 Å². The molecule has 18 heavy (non-hydrogen) atoms. The molecule has 0 aromatic carbocycles. The van der Waals surface area contributed by atoms with Crippen molar-refractivity contribution >= 4 is 9.84 Å². The van der Waals surface area contributed by atoms with Crippen LogP contribution in [0.4, 0.5) is 0 Å². The van der Waals surface area contributed by atoms with Gasteiger partial charge in [0.05, 0.1) is 4.75 Å². The number of likely N-dealkylation sites (tertiary alicyclic amines) is 1. The van der Waals surface area contributed by atoms with Gasteiger partial charge in [0, 0.05) is 31.4 Å². The lowest BCUT2D eigenvalue weighted by Gasteiger charge is -2.41. The second-order valence-electron chi connectivity index (χ2n) is 6.52. The van der Waals surface area contributed by atoms with Crippen molar-refractivity contribution in [3.63, 3.8) is 0 Å². The molecule has 3 atom stereocenters. The second-order valence-corrected chi connectivity index (χ2v) is 9.17. The molecule has 1 rings (SSSR count). The Morgan fingerprint density at radius 3 is 2.39 bits per heavy atom.